The van der Waals surface area contributed by atoms with Gasteiger partial charge in [-0.1, -0.05) is 12.1 Å². The number of cyclic esters (lactones) is 1. The monoisotopic (exact) mass is 393 g/mol. The number of hydrogen-bond acceptors (Lipinski definition) is 3. The number of carbonyl (C=O) groups excluding carboxylic acids is 1. The van der Waals surface area contributed by atoms with Crippen molar-refractivity contribution in [1.29, 1.82) is 0 Å². The highest BCUT2D eigenvalue weighted by atomic mass is 127. The van der Waals surface area contributed by atoms with Gasteiger partial charge in [0.2, 0.25) is 5.90 Å². The van der Waals surface area contributed by atoms with Crippen LogP contribution in [-0.2, 0) is 9.53 Å². The van der Waals surface area contributed by atoms with Crippen LogP contribution in [0.4, 0.5) is 4.39 Å². The summed E-state index contributed by atoms with van der Waals surface area (Å²) in [7, 11) is 0. The van der Waals surface area contributed by atoms with Crippen molar-refractivity contribution in [3.63, 3.8) is 0 Å². The van der Waals surface area contributed by atoms with Crippen LogP contribution in [0.15, 0.2) is 59.2 Å². The Morgan fingerprint density at radius 2 is 1.90 bits per heavy atom. The second kappa shape index (κ2) is 5.77. The van der Waals surface area contributed by atoms with E-state index in [0.717, 1.165) is 9.13 Å². The Kier molecular flexibility index (Phi) is 3.83. The van der Waals surface area contributed by atoms with Crippen molar-refractivity contribution in [2.24, 2.45) is 4.99 Å². The third-order valence-electron chi connectivity index (χ3n) is 2.86. The largest absolute Gasteiger partial charge is 0.402 e. The van der Waals surface area contributed by atoms with Crippen LogP contribution in [0.2, 0.25) is 0 Å². The lowest BCUT2D eigenvalue weighted by molar-refractivity contribution is -0.129. The molecule has 2 aromatic carbocycles. The third-order valence-corrected chi connectivity index (χ3v) is 3.58. The van der Waals surface area contributed by atoms with E-state index in [2.05, 4.69) is 27.6 Å². The maximum absolute atomic E-state index is 13.1. The summed E-state index contributed by atoms with van der Waals surface area (Å²) in [6, 6.07) is 13.4. The molecule has 0 atom stereocenters. The van der Waals surface area contributed by atoms with Crippen LogP contribution in [-0.4, -0.2) is 11.9 Å². The molecule has 3 rings (SSSR count). The number of benzene rings is 2. The van der Waals surface area contributed by atoms with E-state index in [4.69, 9.17) is 4.74 Å². The van der Waals surface area contributed by atoms with Crippen molar-refractivity contribution in [1.82, 2.24) is 0 Å². The molecule has 0 saturated carbocycles. The van der Waals surface area contributed by atoms with Crippen LogP contribution in [0.5, 0.6) is 0 Å². The van der Waals surface area contributed by atoms with Crippen molar-refractivity contribution < 1.29 is 13.9 Å². The molecule has 0 radical (unpaired) electrons. The molecule has 0 amide bonds. The molecule has 1 heterocycles. The first-order valence-corrected chi connectivity index (χ1v) is 7.24. The van der Waals surface area contributed by atoms with Gasteiger partial charge in [0.05, 0.1) is 0 Å². The van der Waals surface area contributed by atoms with E-state index in [1.165, 1.54) is 18.2 Å². The van der Waals surface area contributed by atoms with Crippen molar-refractivity contribution in [3.05, 3.63) is 74.7 Å². The second-order valence-electron chi connectivity index (χ2n) is 4.40. The first kappa shape index (κ1) is 13.9. The van der Waals surface area contributed by atoms with Crippen LogP contribution in [0, 0.1) is 9.39 Å². The zero-order valence-electron chi connectivity index (χ0n) is 10.7. The lowest BCUT2D eigenvalue weighted by atomic mass is 10.2. The van der Waals surface area contributed by atoms with Gasteiger partial charge in [-0.15, -0.1) is 0 Å². The molecule has 1 aliphatic rings. The van der Waals surface area contributed by atoms with Crippen LogP contribution >= 0.6 is 22.6 Å². The van der Waals surface area contributed by atoms with Crippen LogP contribution in [0.1, 0.15) is 11.1 Å². The van der Waals surface area contributed by atoms with Gasteiger partial charge >= 0.3 is 5.97 Å². The van der Waals surface area contributed by atoms with E-state index in [9.17, 15) is 9.18 Å². The van der Waals surface area contributed by atoms with Crippen LogP contribution in [0.3, 0.4) is 0 Å². The van der Waals surface area contributed by atoms with E-state index in [0.29, 0.717) is 5.56 Å². The van der Waals surface area contributed by atoms with Crippen molar-refractivity contribution in [2.75, 3.05) is 0 Å². The van der Waals surface area contributed by atoms with Gasteiger partial charge in [0, 0.05) is 9.13 Å². The molecule has 0 fully saturated rings. The SMILES string of the molecule is O=C1OC(c2ccc(I)cc2)=N/C1=C/c1cccc(F)c1. The molecule has 1 aliphatic heterocycles. The molecule has 21 heavy (non-hydrogen) atoms. The van der Waals surface area contributed by atoms with Gasteiger partial charge in [-0.25, -0.2) is 14.2 Å². The highest BCUT2D eigenvalue weighted by Crippen LogP contribution is 2.20. The molecule has 3 nitrogen and oxygen atoms in total. The fourth-order valence-electron chi connectivity index (χ4n) is 1.88. The molecule has 2 aromatic rings. The predicted octanol–water partition coefficient (Wildman–Crippen LogP) is 3.77. The van der Waals surface area contributed by atoms with Crippen LogP contribution < -0.4 is 0 Å². The molecule has 104 valence electrons. The summed E-state index contributed by atoms with van der Waals surface area (Å²) in [5, 5.41) is 0. The Morgan fingerprint density at radius 1 is 1.14 bits per heavy atom. The topological polar surface area (TPSA) is 38.7 Å². The summed E-state index contributed by atoms with van der Waals surface area (Å²) in [5.74, 6) is -0.635. The lowest BCUT2D eigenvalue weighted by Gasteiger charge is -1.98. The number of esters is 1. The van der Waals surface area contributed by atoms with E-state index in [1.807, 2.05) is 24.3 Å². The molecule has 0 bridgehead atoms. The molecule has 0 saturated heterocycles. The Balaban J connectivity index is 1.93. The molecule has 5 heteroatoms. The second-order valence-corrected chi connectivity index (χ2v) is 5.64. The summed E-state index contributed by atoms with van der Waals surface area (Å²) >= 11 is 2.19. The minimum atomic E-state index is -0.534. The van der Waals surface area contributed by atoms with Gasteiger partial charge in [0.1, 0.15) is 5.82 Å². The summed E-state index contributed by atoms with van der Waals surface area (Å²) in [6.07, 6.45) is 1.51. The zero-order valence-corrected chi connectivity index (χ0v) is 12.9. The van der Waals surface area contributed by atoms with E-state index >= 15 is 0 Å². The zero-order chi connectivity index (χ0) is 14.8. The van der Waals surface area contributed by atoms with E-state index in [1.54, 1.807) is 12.1 Å². The number of hydrogen-bond donors (Lipinski definition) is 0. The standard InChI is InChI=1S/C16H9FINO2/c17-12-3-1-2-10(8-12)9-14-16(20)21-15(19-14)11-4-6-13(18)7-5-11/h1-9H/b14-9+. The van der Waals surface area contributed by atoms with E-state index < -0.39 is 5.97 Å². The Labute approximate surface area is 134 Å². The Morgan fingerprint density at radius 3 is 2.62 bits per heavy atom. The number of carbonyl (C=O) groups is 1. The summed E-state index contributed by atoms with van der Waals surface area (Å²) < 4.78 is 19.4. The molecule has 0 aliphatic carbocycles. The molecular formula is C16H9FINO2. The molecular weight excluding hydrogens is 384 g/mol. The first-order valence-electron chi connectivity index (χ1n) is 6.16. The Bertz CT molecular complexity index is 766. The average molecular weight is 393 g/mol. The fraction of sp³-hybridized carbons (Fsp3) is 0. The minimum absolute atomic E-state index is 0.161. The normalized spacial score (nSPS) is 16.0. The van der Waals surface area contributed by atoms with Gasteiger partial charge in [-0.2, -0.15) is 0 Å². The minimum Gasteiger partial charge on any atom is -0.402 e. The average Bonchev–Trinajstić information content (AvgIpc) is 2.81. The number of halogens is 2. The smallest absolute Gasteiger partial charge is 0.363 e. The summed E-state index contributed by atoms with van der Waals surface area (Å²) in [6.45, 7) is 0. The van der Waals surface area contributed by atoms with Crippen molar-refractivity contribution >= 4 is 40.5 Å². The highest BCUT2D eigenvalue weighted by molar-refractivity contribution is 14.1. The van der Waals surface area contributed by atoms with Crippen molar-refractivity contribution in [2.45, 2.75) is 0 Å². The molecule has 0 unspecified atom stereocenters. The molecule has 0 spiro atoms. The van der Waals surface area contributed by atoms with Crippen LogP contribution in [0.25, 0.3) is 6.08 Å². The fourth-order valence-corrected chi connectivity index (χ4v) is 2.24. The summed E-state index contributed by atoms with van der Waals surface area (Å²) in [5.41, 5.74) is 1.45. The maximum Gasteiger partial charge on any atom is 0.363 e. The van der Waals surface area contributed by atoms with Gasteiger partial charge in [-0.05, 0) is 70.6 Å². The number of rotatable bonds is 2. The lowest BCUT2D eigenvalue weighted by Crippen LogP contribution is -2.05. The number of ether oxygens (including phenoxy) is 1. The highest BCUT2D eigenvalue weighted by Gasteiger charge is 2.23. The number of aliphatic imine (C=N–C) groups is 1. The molecule has 0 N–H and O–H groups in total. The van der Waals surface area contributed by atoms with Gasteiger partial charge < -0.3 is 4.74 Å². The third kappa shape index (κ3) is 3.18. The first-order chi connectivity index (χ1) is 10.1. The van der Waals surface area contributed by atoms with E-state index in [-0.39, 0.29) is 17.4 Å². The molecule has 0 aromatic heterocycles. The number of nitrogens with zero attached hydrogens (tertiary/aromatic N) is 1. The van der Waals surface area contributed by atoms with Gasteiger partial charge in [0.25, 0.3) is 0 Å². The Hall–Kier alpha value is -2.02. The van der Waals surface area contributed by atoms with Gasteiger partial charge in [0.15, 0.2) is 5.70 Å². The maximum atomic E-state index is 13.1. The van der Waals surface area contributed by atoms with Crippen molar-refractivity contribution in [3.8, 4) is 0 Å². The predicted molar refractivity (Wildman–Crippen MR) is 86.2 cm³/mol. The van der Waals surface area contributed by atoms with Gasteiger partial charge in [-0.3, -0.25) is 0 Å². The quantitative estimate of drug-likeness (QED) is 0.443. The summed E-state index contributed by atoms with van der Waals surface area (Å²) in [4.78, 5) is 16.0.